The molecule has 0 aliphatic rings. The largest absolute Gasteiger partial charge is 0.497 e. The smallest absolute Gasteiger partial charge is 0.264 e. The van der Waals surface area contributed by atoms with Crippen molar-refractivity contribution in [1.29, 1.82) is 0 Å². The molecule has 0 aromatic heterocycles. The number of benzene rings is 2. The minimum atomic E-state index is -4.07. The predicted molar refractivity (Wildman–Crippen MR) is 79.4 cm³/mol. The van der Waals surface area contributed by atoms with Crippen LogP contribution in [0.1, 0.15) is 5.56 Å². The number of nitrogens with two attached hydrogens (primary N) is 1. The zero-order chi connectivity index (χ0) is 15.6. The van der Waals surface area contributed by atoms with Gasteiger partial charge in [-0.15, -0.1) is 0 Å². The van der Waals surface area contributed by atoms with Crippen LogP contribution in [0, 0.1) is 12.7 Å². The first-order chi connectivity index (χ1) is 9.83. The number of anilines is 2. The molecule has 5 nitrogen and oxygen atoms in total. The molecular weight excluding hydrogens is 295 g/mol. The van der Waals surface area contributed by atoms with Crippen LogP contribution in [-0.4, -0.2) is 15.5 Å². The number of ether oxygens (including phenoxy) is 1. The van der Waals surface area contributed by atoms with Crippen LogP contribution in [-0.2, 0) is 10.0 Å². The number of nitrogen functional groups attached to an aromatic ring is 1. The molecule has 0 atom stereocenters. The summed E-state index contributed by atoms with van der Waals surface area (Å²) in [6, 6.07) is 8.79. The molecule has 0 amide bonds. The number of rotatable bonds is 4. The van der Waals surface area contributed by atoms with Crippen LogP contribution in [0.15, 0.2) is 41.3 Å². The van der Waals surface area contributed by atoms with E-state index < -0.39 is 20.7 Å². The first kappa shape index (κ1) is 15.1. The van der Waals surface area contributed by atoms with Crippen molar-refractivity contribution >= 4 is 21.4 Å². The van der Waals surface area contributed by atoms with Gasteiger partial charge >= 0.3 is 0 Å². The monoisotopic (exact) mass is 310 g/mol. The molecular formula is C14H15FN2O3S. The van der Waals surface area contributed by atoms with Crippen LogP contribution in [0.25, 0.3) is 0 Å². The lowest BCUT2D eigenvalue weighted by molar-refractivity contribution is 0.415. The Morgan fingerprint density at radius 3 is 2.62 bits per heavy atom. The standard InChI is InChI=1S/C14H15FN2O3S/c1-9-6-10(16)7-13(14(9)15)21(18,19)17-11-4-3-5-12(8-11)20-2/h3-8,17H,16H2,1-2H3. The lowest BCUT2D eigenvalue weighted by Gasteiger charge is -2.11. The summed E-state index contributed by atoms with van der Waals surface area (Å²) in [7, 11) is -2.61. The van der Waals surface area contributed by atoms with Gasteiger partial charge in [-0.05, 0) is 36.8 Å². The second kappa shape index (κ2) is 5.61. The highest BCUT2D eigenvalue weighted by molar-refractivity contribution is 7.92. The molecule has 0 aliphatic carbocycles. The molecule has 21 heavy (non-hydrogen) atoms. The molecule has 0 bridgehead atoms. The number of halogens is 1. The predicted octanol–water partition coefficient (Wildman–Crippen LogP) is 2.53. The first-order valence-corrected chi connectivity index (χ1v) is 7.54. The molecule has 0 saturated heterocycles. The van der Waals surface area contributed by atoms with Crippen molar-refractivity contribution in [3.63, 3.8) is 0 Å². The maximum Gasteiger partial charge on any atom is 0.264 e. The van der Waals surface area contributed by atoms with Crippen LogP contribution in [0.2, 0.25) is 0 Å². The molecule has 3 N–H and O–H groups in total. The van der Waals surface area contributed by atoms with E-state index in [1.807, 2.05) is 0 Å². The number of nitrogens with one attached hydrogen (secondary N) is 1. The first-order valence-electron chi connectivity index (χ1n) is 6.06. The Balaban J connectivity index is 2.43. The van der Waals surface area contributed by atoms with E-state index in [1.54, 1.807) is 12.1 Å². The van der Waals surface area contributed by atoms with Crippen LogP contribution in [0.4, 0.5) is 15.8 Å². The van der Waals surface area contributed by atoms with E-state index in [1.165, 1.54) is 32.2 Å². The summed E-state index contributed by atoms with van der Waals surface area (Å²) in [4.78, 5) is -0.484. The Hall–Kier alpha value is -2.28. The Morgan fingerprint density at radius 1 is 1.24 bits per heavy atom. The molecule has 0 radical (unpaired) electrons. The van der Waals surface area contributed by atoms with E-state index in [9.17, 15) is 12.8 Å². The van der Waals surface area contributed by atoms with E-state index in [0.717, 1.165) is 6.07 Å². The molecule has 2 rings (SSSR count). The Kier molecular flexibility index (Phi) is 4.04. The fraction of sp³-hybridized carbons (Fsp3) is 0.143. The minimum Gasteiger partial charge on any atom is -0.497 e. The van der Waals surface area contributed by atoms with Gasteiger partial charge in [0.1, 0.15) is 16.5 Å². The van der Waals surface area contributed by atoms with Gasteiger partial charge in [-0.2, -0.15) is 0 Å². The number of methoxy groups -OCH3 is 1. The highest BCUT2D eigenvalue weighted by atomic mass is 32.2. The summed E-state index contributed by atoms with van der Waals surface area (Å²) in [5, 5.41) is 0. The molecule has 0 saturated carbocycles. The lowest BCUT2D eigenvalue weighted by Crippen LogP contribution is -2.15. The van der Waals surface area contributed by atoms with Gasteiger partial charge in [-0.3, -0.25) is 4.72 Å². The van der Waals surface area contributed by atoms with Crippen molar-refractivity contribution in [2.45, 2.75) is 11.8 Å². The van der Waals surface area contributed by atoms with Crippen molar-refractivity contribution in [3.05, 3.63) is 47.8 Å². The maximum absolute atomic E-state index is 14.0. The van der Waals surface area contributed by atoms with Crippen LogP contribution in [0.5, 0.6) is 5.75 Å². The van der Waals surface area contributed by atoms with Crippen molar-refractivity contribution in [2.24, 2.45) is 0 Å². The molecule has 0 fully saturated rings. The third-order valence-electron chi connectivity index (χ3n) is 2.85. The van der Waals surface area contributed by atoms with Crippen LogP contribution in [0.3, 0.4) is 0 Å². The molecule has 0 unspecified atom stereocenters. The van der Waals surface area contributed by atoms with Gasteiger partial charge in [0.05, 0.1) is 12.8 Å². The Labute approximate surface area is 122 Å². The van der Waals surface area contributed by atoms with Gasteiger partial charge in [0.15, 0.2) is 0 Å². The normalized spacial score (nSPS) is 11.2. The number of sulfonamides is 1. The third kappa shape index (κ3) is 3.25. The average molecular weight is 310 g/mol. The van der Waals surface area contributed by atoms with Gasteiger partial charge in [0, 0.05) is 11.8 Å². The van der Waals surface area contributed by atoms with Gasteiger partial charge in [-0.25, -0.2) is 12.8 Å². The molecule has 2 aromatic carbocycles. The molecule has 0 aliphatic heterocycles. The van der Waals surface area contributed by atoms with Crippen molar-refractivity contribution in [3.8, 4) is 5.75 Å². The van der Waals surface area contributed by atoms with Crippen molar-refractivity contribution in [1.82, 2.24) is 0 Å². The average Bonchev–Trinajstić information content (AvgIpc) is 2.42. The van der Waals surface area contributed by atoms with Crippen LogP contribution < -0.4 is 15.2 Å². The van der Waals surface area contributed by atoms with Gasteiger partial charge in [0.2, 0.25) is 0 Å². The highest BCUT2D eigenvalue weighted by Crippen LogP contribution is 2.25. The quantitative estimate of drug-likeness (QED) is 0.850. The van der Waals surface area contributed by atoms with Crippen molar-refractivity contribution in [2.75, 3.05) is 17.6 Å². The Bertz CT molecular complexity index is 776. The van der Waals surface area contributed by atoms with Crippen LogP contribution >= 0.6 is 0 Å². The fourth-order valence-electron chi connectivity index (χ4n) is 1.86. The fourth-order valence-corrected chi connectivity index (χ4v) is 3.09. The summed E-state index contributed by atoms with van der Waals surface area (Å²) in [5.41, 5.74) is 6.21. The molecule has 112 valence electrons. The van der Waals surface area contributed by atoms with E-state index >= 15 is 0 Å². The van der Waals surface area contributed by atoms with E-state index in [2.05, 4.69) is 4.72 Å². The summed E-state index contributed by atoms with van der Waals surface area (Å²) in [6.07, 6.45) is 0. The lowest BCUT2D eigenvalue weighted by atomic mass is 10.2. The number of aryl methyl sites for hydroxylation is 1. The van der Waals surface area contributed by atoms with Gasteiger partial charge in [-0.1, -0.05) is 6.07 Å². The zero-order valence-electron chi connectivity index (χ0n) is 11.6. The van der Waals surface area contributed by atoms with Gasteiger partial charge in [0.25, 0.3) is 10.0 Å². The maximum atomic E-state index is 14.0. The van der Waals surface area contributed by atoms with Gasteiger partial charge < -0.3 is 10.5 Å². The molecule has 2 aromatic rings. The molecule has 0 spiro atoms. The highest BCUT2D eigenvalue weighted by Gasteiger charge is 2.21. The zero-order valence-corrected chi connectivity index (χ0v) is 12.4. The SMILES string of the molecule is COc1cccc(NS(=O)(=O)c2cc(N)cc(C)c2F)c1. The van der Waals surface area contributed by atoms with E-state index in [4.69, 9.17) is 10.5 Å². The molecule has 7 heteroatoms. The summed E-state index contributed by atoms with van der Waals surface area (Å²) in [6.45, 7) is 1.45. The summed E-state index contributed by atoms with van der Waals surface area (Å²) >= 11 is 0. The topological polar surface area (TPSA) is 81.4 Å². The molecule has 0 heterocycles. The second-order valence-electron chi connectivity index (χ2n) is 4.49. The third-order valence-corrected chi connectivity index (χ3v) is 4.24. The summed E-state index contributed by atoms with van der Waals surface area (Å²) in [5.74, 6) is -0.334. The van der Waals surface area contributed by atoms with Crippen molar-refractivity contribution < 1.29 is 17.5 Å². The minimum absolute atomic E-state index is 0.168. The Morgan fingerprint density at radius 2 is 1.95 bits per heavy atom. The number of hydrogen-bond donors (Lipinski definition) is 2. The van der Waals surface area contributed by atoms with E-state index in [0.29, 0.717) is 5.75 Å². The summed E-state index contributed by atoms with van der Waals surface area (Å²) < 4.78 is 45.9. The second-order valence-corrected chi connectivity index (χ2v) is 6.14. The number of hydrogen-bond acceptors (Lipinski definition) is 4. The van der Waals surface area contributed by atoms with E-state index in [-0.39, 0.29) is 16.9 Å².